The van der Waals surface area contributed by atoms with E-state index in [1.54, 1.807) is 0 Å². The lowest BCUT2D eigenvalue weighted by Crippen LogP contribution is -2.65. The normalized spacial score (nSPS) is 37.1. The average molecular weight is 455 g/mol. The fourth-order valence-corrected chi connectivity index (χ4v) is 7.74. The molecule has 33 heavy (non-hydrogen) atoms. The van der Waals surface area contributed by atoms with E-state index in [9.17, 15) is 19.5 Å². The van der Waals surface area contributed by atoms with Crippen LogP contribution in [0.25, 0.3) is 0 Å². The Bertz CT molecular complexity index is 977. The van der Waals surface area contributed by atoms with E-state index >= 15 is 0 Å². The Morgan fingerprint density at radius 2 is 1.88 bits per heavy atom. The van der Waals surface area contributed by atoms with E-state index < -0.39 is 16.6 Å². The molecule has 3 atom stereocenters. The summed E-state index contributed by atoms with van der Waals surface area (Å²) >= 11 is 0. The molecule has 4 bridgehead atoms. The summed E-state index contributed by atoms with van der Waals surface area (Å²) in [6.07, 6.45) is 5.07. The van der Waals surface area contributed by atoms with Gasteiger partial charge in [-0.1, -0.05) is 24.3 Å². The number of aliphatic hydroxyl groups is 1. The highest BCUT2D eigenvalue weighted by molar-refractivity contribution is 6.11. The molecule has 3 unspecified atom stereocenters. The number of rotatable bonds is 7. The molecule has 2 N–H and O–H groups in total. The molecule has 5 fully saturated rings. The zero-order chi connectivity index (χ0) is 23.4. The van der Waals surface area contributed by atoms with Crippen LogP contribution in [0.5, 0.6) is 0 Å². The van der Waals surface area contributed by atoms with Gasteiger partial charge in [0.2, 0.25) is 17.7 Å². The molecule has 178 valence electrons. The lowest BCUT2D eigenvalue weighted by atomic mass is 9.51. The Labute approximate surface area is 194 Å². The number of imide groups is 1. The van der Waals surface area contributed by atoms with Crippen molar-refractivity contribution >= 4 is 17.7 Å². The molecule has 0 radical (unpaired) electrons. The number of benzene rings is 1. The number of carbonyl (C=O) groups is 3. The number of nitrogens with zero attached hydrogens (tertiary/aromatic N) is 1. The molecule has 1 saturated heterocycles. The molecular weight excluding hydrogens is 420 g/mol. The lowest BCUT2D eigenvalue weighted by Gasteiger charge is -2.60. The third-order valence-electron chi connectivity index (χ3n) is 8.49. The summed E-state index contributed by atoms with van der Waals surface area (Å²) in [5.74, 6) is 0.0936. The molecule has 0 aromatic heterocycles. The van der Waals surface area contributed by atoms with E-state index in [-0.39, 0.29) is 43.7 Å². The molecule has 1 aromatic rings. The van der Waals surface area contributed by atoms with Crippen LogP contribution in [0, 0.1) is 18.8 Å². The van der Waals surface area contributed by atoms with Crippen molar-refractivity contribution in [2.75, 3.05) is 20.3 Å². The minimum atomic E-state index is -1.21. The highest BCUT2D eigenvalue weighted by Crippen LogP contribution is 2.57. The van der Waals surface area contributed by atoms with E-state index in [0.29, 0.717) is 18.3 Å². The van der Waals surface area contributed by atoms with Crippen molar-refractivity contribution < 1.29 is 24.2 Å². The Balaban J connectivity index is 1.43. The van der Waals surface area contributed by atoms with Gasteiger partial charge in [0.1, 0.15) is 0 Å². The predicted octanol–water partition coefficient (Wildman–Crippen LogP) is 2.23. The zero-order valence-corrected chi connectivity index (χ0v) is 19.6. The van der Waals surface area contributed by atoms with Gasteiger partial charge in [0.05, 0.1) is 24.2 Å². The van der Waals surface area contributed by atoms with Gasteiger partial charge < -0.3 is 15.2 Å². The molecule has 1 aromatic carbocycles. The largest absolute Gasteiger partial charge is 0.390 e. The third-order valence-corrected chi connectivity index (χ3v) is 8.49. The zero-order valence-electron chi connectivity index (χ0n) is 19.6. The second-order valence-corrected chi connectivity index (χ2v) is 11.1. The van der Waals surface area contributed by atoms with Gasteiger partial charge in [-0.3, -0.25) is 19.3 Å². The first-order valence-electron chi connectivity index (χ1n) is 12.1. The summed E-state index contributed by atoms with van der Waals surface area (Å²) in [6.45, 7) is 2.36. The molecule has 1 heterocycles. The summed E-state index contributed by atoms with van der Waals surface area (Å²) in [5.41, 5.74) is -0.656. The van der Waals surface area contributed by atoms with Crippen molar-refractivity contribution in [3.8, 4) is 0 Å². The van der Waals surface area contributed by atoms with Crippen LogP contribution in [-0.2, 0) is 24.5 Å². The Morgan fingerprint density at radius 1 is 1.18 bits per heavy atom. The molecule has 4 aliphatic carbocycles. The first kappa shape index (κ1) is 22.5. The number of carbonyl (C=O) groups excluding carboxylic acids is 3. The molecule has 4 saturated carbocycles. The quantitative estimate of drug-likeness (QED) is 0.616. The van der Waals surface area contributed by atoms with Crippen LogP contribution in [0.1, 0.15) is 62.5 Å². The number of ether oxygens (including phenoxy) is 1. The van der Waals surface area contributed by atoms with E-state index in [0.717, 1.165) is 43.2 Å². The number of nitrogens with one attached hydrogen (secondary N) is 1. The SMILES string of the molecule is COCCN1C(=O)CC(CC(=O)NC23CC4CC(CC(O)(C4)C2)C3)(c2ccccc2C)C1=O. The summed E-state index contributed by atoms with van der Waals surface area (Å²) in [5, 5.41) is 14.3. The van der Waals surface area contributed by atoms with Gasteiger partial charge in [-0.15, -0.1) is 0 Å². The average Bonchev–Trinajstić information content (AvgIpc) is 2.94. The summed E-state index contributed by atoms with van der Waals surface area (Å²) in [7, 11) is 1.53. The first-order valence-corrected chi connectivity index (χ1v) is 12.1. The highest BCUT2D eigenvalue weighted by Gasteiger charge is 2.59. The van der Waals surface area contributed by atoms with Crippen LogP contribution in [0.4, 0.5) is 0 Å². The van der Waals surface area contributed by atoms with Crippen molar-refractivity contribution in [2.24, 2.45) is 11.8 Å². The lowest BCUT2D eigenvalue weighted by molar-refractivity contribution is -0.152. The van der Waals surface area contributed by atoms with Crippen molar-refractivity contribution in [3.63, 3.8) is 0 Å². The Kier molecular flexibility index (Phi) is 5.40. The monoisotopic (exact) mass is 454 g/mol. The van der Waals surface area contributed by atoms with Gasteiger partial charge in [-0.2, -0.15) is 0 Å². The first-order chi connectivity index (χ1) is 15.7. The summed E-state index contributed by atoms with van der Waals surface area (Å²) in [4.78, 5) is 41.4. The van der Waals surface area contributed by atoms with E-state index in [1.807, 2.05) is 31.2 Å². The Morgan fingerprint density at radius 3 is 2.52 bits per heavy atom. The van der Waals surface area contributed by atoms with Crippen LogP contribution in [-0.4, -0.2) is 59.1 Å². The van der Waals surface area contributed by atoms with Crippen LogP contribution in [0.3, 0.4) is 0 Å². The second-order valence-electron chi connectivity index (χ2n) is 11.1. The minimum absolute atomic E-state index is 0.0178. The standard InChI is InChI=1S/C26H34N2O5/c1-17-5-3-4-6-20(17)26(15-22(30)28(23(26)31)7-8-33-2)14-21(29)27-24-10-18-9-19(11-24)13-25(32,12-18)16-24/h3-6,18-19,32H,7-16H2,1-2H3,(H,27,29). The van der Waals surface area contributed by atoms with E-state index in [1.165, 1.54) is 12.0 Å². The maximum atomic E-state index is 13.7. The number of methoxy groups -OCH3 is 1. The van der Waals surface area contributed by atoms with Crippen LogP contribution in [0.15, 0.2) is 24.3 Å². The number of likely N-dealkylation sites (tertiary alicyclic amines) is 1. The molecule has 7 heteroatoms. The molecule has 1 aliphatic heterocycles. The Hall–Kier alpha value is -2.25. The van der Waals surface area contributed by atoms with Crippen molar-refractivity contribution in [3.05, 3.63) is 35.4 Å². The van der Waals surface area contributed by atoms with E-state index in [4.69, 9.17) is 4.74 Å². The van der Waals surface area contributed by atoms with Gasteiger partial charge in [0, 0.05) is 25.5 Å². The van der Waals surface area contributed by atoms with Crippen LogP contribution >= 0.6 is 0 Å². The van der Waals surface area contributed by atoms with Gasteiger partial charge >= 0.3 is 0 Å². The fourth-order valence-electron chi connectivity index (χ4n) is 7.74. The third kappa shape index (κ3) is 3.79. The van der Waals surface area contributed by atoms with Crippen molar-refractivity contribution in [2.45, 2.75) is 74.8 Å². The van der Waals surface area contributed by atoms with Gasteiger partial charge in [0.25, 0.3) is 0 Å². The minimum Gasteiger partial charge on any atom is -0.390 e. The number of hydrogen-bond donors (Lipinski definition) is 2. The predicted molar refractivity (Wildman–Crippen MR) is 121 cm³/mol. The van der Waals surface area contributed by atoms with Gasteiger partial charge in [-0.05, 0) is 68.4 Å². The number of aryl methyl sites for hydroxylation is 1. The molecular formula is C26H34N2O5. The fraction of sp³-hybridized carbons (Fsp3) is 0.654. The van der Waals surface area contributed by atoms with Gasteiger partial charge in [-0.25, -0.2) is 0 Å². The van der Waals surface area contributed by atoms with Crippen molar-refractivity contribution in [1.82, 2.24) is 10.2 Å². The van der Waals surface area contributed by atoms with Gasteiger partial charge in [0.15, 0.2) is 0 Å². The molecule has 6 rings (SSSR count). The summed E-state index contributed by atoms with van der Waals surface area (Å²) < 4.78 is 5.10. The topological polar surface area (TPSA) is 95.9 Å². The van der Waals surface area contributed by atoms with Crippen molar-refractivity contribution in [1.29, 1.82) is 0 Å². The molecule has 0 spiro atoms. The second kappa shape index (κ2) is 7.91. The molecule has 3 amide bonds. The maximum absolute atomic E-state index is 13.7. The van der Waals surface area contributed by atoms with E-state index in [2.05, 4.69) is 5.32 Å². The number of hydrogen-bond acceptors (Lipinski definition) is 5. The number of amides is 3. The molecule has 7 nitrogen and oxygen atoms in total. The van der Waals surface area contributed by atoms with Crippen LogP contribution in [0.2, 0.25) is 0 Å². The highest BCUT2D eigenvalue weighted by atomic mass is 16.5. The van der Waals surface area contributed by atoms with Crippen LogP contribution < -0.4 is 5.32 Å². The maximum Gasteiger partial charge on any atom is 0.240 e. The summed E-state index contributed by atoms with van der Waals surface area (Å²) in [6, 6.07) is 7.53. The smallest absolute Gasteiger partial charge is 0.240 e. The molecule has 5 aliphatic rings.